The molecule has 5 nitrogen and oxygen atoms in total. The summed E-state index contributed by atoms with van der Waals surface area (Å²) in [5.74, 6) is 0.359. The molecule has 2 N–H and O–H groups in total. The van der Waals surface area contributed by atoms with Gasteiger partial charge in [-0.05, 0) is 18.6 Å². The summed E-state index contributed by atoms with van der Waals surface area (Å²) >= 11 is 0. The van der Waals surface area contributed by atoms with Crippen LogP contribution in [0.1, 0.15) is 25.3 Å². The summed E-state index contributed by atoms with van der Waals surface area (Å²) in [7, 11) is 0. The number of rotatable bonds is 5. The molecule has 1 aromatic heterocycles. The van der Waals surface area contributed by atoms with E-state index in [1.54, 1.807) is 18.2 Å². The molecule has 7 heteroatoms. The number of alkyl halides is 2. The fraction of sp³-hybridized carbons (Fsp3) is 0.333. The maximum Gasteiger partial charge on any atom is 0.387 e. The molecule has 2 rings (SSSR count). The van der Waals surface area contributed by atoms with Crippen molar-refractivity contribution in [1.82, 2.24) is 10.2 Å². The summed E-state index contributed by atoms with van der Waals surface area (Å²) in [4.78, 5) is 0. The smallest absolute Gasteiger partial charge is 0.387 e. The third kappa shape index (κ3) is 3.05. The van der Waals surface area contributed by atoms with Crippen molar-refractivity contribution in [2.75, 3.05) is 0 Å². The van der Waals surface area contributed by atoms with Gasteiger partial charge in [0, 0.05) is 0 Å². The van der Waals surface area contributed by atoms with Crippen LogP contribution in [0.25, 0.3) is 11.5 Å². The number of nitrogens with zero attached hydrogens (tertiary/aromatic N) is 2. The minimum absolute atomic E-state index is 0.0160. The van der Waals surface area contributed by atoms with Crippen molar-refractivity contribution >= 4 is 0 Å². The minimum atomic E-state index is -2.92. The number of nitrogens with two attached hydrogens (primary N) is 1. The molecule has 0 radical (unpaired) electrons. The Balaban J connectivity index is 2.33. The van der Waals surface area contributed by atoms with Crippen LogP contribution in [0.4, 0.5) is 8.78 Å². The zero-order valence-electron chi connectivity index (χ0n) is 10.2. The highest BCUT2D eigenvalue weighted by Gasteiger charge is 2.18. The van der Waals surface area contributed by atoms with E-state index in [1.165, 1.54) is 6.07 Å². The summed E-state index contributed by atoms with van der Waals surface area (Å²) in [5.41, 5.74) is 6.07. The zero-order valence-corrected chi connectivity index (χ0v) is 10.2. The van der Waals surface area contributed by atoms with Crippen LogP contribution in [0.2, 0.25) is 0 Å². The molecule has 0 bridgehead atoms. The van der Waals surface area contributed by atoms with E-state index in [-0.39, 0.29) is 23.6 Å². The highest BCUT2D eigenvalue weighted by molar-refractivity contribution is 5.62. The predicted octanol–water partition coefficient (Wildman–Crippen LogP) is 2.75. The molecule has 0 amide bonds. The predicted molar refractivity (Wildman–Crippen MR) is 63.6 cm³/mol. The van der Waals surface area contributed by atoms with Gasteiger partial charge in [0.05, 0.1) is 11.6 Å². The molecule has 102 valence electrons. The van der Waals surface area contributed by atoms with Gasteiger partial charge in [-0.15, -0.1) is 10.2 Å². The Kier molecular flexibility index (Phi) is 4.06. The molecule has 1 atom stereocenters. The molecular formula is C12H13F2N3O2. The Morgan fingerprint density at radius 3 is 2.74 bits per heavy atom. The minimum Gasteiger partial charge on any atom is -0.434 e. The first-order valence-electron chi connectivity index (χ1n) is 5.75. The van der Waals surface area contributed by atoms with Gasteiger partial charge in [-0.3, -0.25) is 0 Å². The second-order valence-electron chi connectivity index (χ2n) is 3.83. The standard InChI is InChI=1S/C12H13F2N3O2/c1-2-8(15)11-17-16-10(19-11)7-5-3-4-6-9(7)18-12(13)14/h3-6,8,12H,2,15H2,1H3. The lowest BCUT2D eigenvalue weighted by Crippen LogP contribution is -2.08. The Bertz CT molecular complexity index is 545. The van der Waals surface area contributed by atoms with Gasteiger partial charge in [-0.2, -0.15) is 8.78 Å². The van der Waals surface area contributed by atoms with Crippen molar-refractivity contribution in [2.24, 2.45) is 5.73 Å². The van der Waals surface area contributed by atoms with E-state index < -0.39 is 6.61 Å². The highest BCUT2D eigenvalue weighted by Crippen LogP contribution is 2.30. The highest BCUT2D eigenvalue weighted by atomic mass is 19.3. The molecule has 0 aliphatic rings. The molecule has 1 heterocycles. The number of hydrogen-bond acceptors (Lipinski definition) is 5. The molecule has 0 aliphatic carbocycles. The number of halogens is 2. The van der Waals surface area contributed by atoms with Crippen LogP contribution < -0.4 is 10.5 Å². The molecule has 0 saturated carbocycles. The summed E-state index contributed by atoms with van der Waals surface area (Å²) in [6, 6.07) is 5.84. The lowest BCUT2D eigenvalue weighted by atomic mass is 10.2. The van der Waals surface area contributed by atoms with Crippen molar-refractivity contribution in [1.29, 1.82) is 0 Å². The van der Waals surface area contributed by atoms with Crippen LogP contribution in [0.15, 0.2) is 28.7 Å². The fourth-order valence-electron chi connectivity index (χ4n) is 1.51. The number of hydrogen-bond donors (Lipinski definition) is 1. The van der Waals surface area contributed by atoms with Gasteiger partial charge in [0.1, 0.15) is 5.75 Å². The molecule has 2 aromatic rings. The quantitative estimate of drug-likeness (QED) is 0.903. The maximum absolute atomic E-state index is 12.3. The van der Waals surface area contributed by atoms with Crippen molar-refractivity contribution in [3.63, 3.8) is 0 Å². The van der Waals surface area contributed by atoms with E-state index in [9.17, 15) is 8.78 Å². The van der Waals surface area contributed by atoms with Crippen molar-refractivity contribution in [2.45, 2.75) is 26.0 Å². The van der Waals surface area contributed by atoms with E-state index in [4.69, 9.17) is 10.2 Å². The maximum atomic E-state index is 12.3. The first-order valence-corrected chi connectivity index (χ1v) is 5.75. The van der Waals surface area contributed by atoms with E-state index in [0.717, 1.165) is 0 Å². The van der Waals surface area contributed by atoms with Crippen LogP contribution in [-0.4, -0.2) is 16.8 Å². The lowest BCUT2D eigenvalue weighted by Gasteiger charge is -2.07. The zero-order chi connectivity index (χ0) is 13.8. The third-order valence-corrected chi connectivity index (χ3v) is 2.53. The largest absolute Gasteiger partial charge is 0.434 e. The van der Waals surface area contributed by atoms with Crippen LogP contribution in [0, 0.1) is 0 Å². The van der Waals surface area contributed by atoms with E-state index in [1.807, 2.05) is 6.92 Å². The monoisotopic (exact) mass is 269 g/mol. The average molecular weight is 269 g/mol. The molecule has 0 fully saturated rings. The van der Waals surface area contributed by atoms with E-state index in [0.29, 0.717) is 12.0 Å². The molecule has 1 aromatic carbocycles. The molecule has 0 saturated heterocycles. The molecule has 1 unspecified atom stereocenters. The van der Waals surface area contributed by atoms with Gasteiger partial charge < -0.3 is 14.9 Å². The first kappa shape index (κ1) is 13.4. The van der Waals surface area contributed by atoms with Crippen LogP contribution in [-0.2, 0) is 0 Å². The van der Waals surface area contributed by atoms with E-state index >= 15 is 0 Å². The van der Waals surface area contributed by atoms with Crippen molar-refractivity contribution < 1.29 is 17.9 Å². The summed E-state index contributed by atoms with van der Waals surface area (Å²) in [6.45, 7) is -1.04. The Morgan fingerprint density at radius 1 is 1.32 bits per heavy atom. The van der Waals surface area contributed by atoms with Gasteiger partial charge in [0.25, 0.3) is 5.89 Å². The Morgan fingerprint density at radius 2 is 2.05 bits per heavy atom. The number of benzene rings is 1. The topological polar surface area (TPSA) is 74.2 Å². The number of para-hydroxylation sites is 1. The fourth-order valence-corrected chi connectivity index (χ4v) is 1.51. The molecule has 0 aliphatic heterocycles. The third-order valence-electron chi connectivity index (χ3n) is 2.53. The molecule has 0 spiro atoms. The Labute approximate surface area is 108 Å². The SMILES string of the molecule is CCC(N)c1nnc(-c2ccccc2OC(F)F)o1. The number of ether oxygens (including phenoxy) is 1. The average Bonchev–Trinajstić information content (AvgIpc) is 2.87. The lowest BCUT2D eigenvalue weighted by molar-refractivity contribution is -0.0495. The molecule has 19 heavy (non-hydrogen) atoms. The summed E-state index contributed by atoms with van der Waals surface area (Å²) in [5, 5.41) is 7.60. The normalized spacial score (nSPS) is 12.7. The summed E-state index contributed by atoms with van der Waals surface area (Å²) < 4.78 is 34.4. The second kappa shape index (κ2) is 5.75. The van der Waals surface area contributed by atoms with Crippen LogP contribution >= 0.6 is 0 Å². The van der Waals surface area contributed by atoms with Gasteiger partial charge in [0.15, 0.2) is 0 Å². The summed E-state index contributed by atoms with van der Waals surface area (Å²) in [6.07, 6.45) is 0.636. The first-order chi connectivity index (χ1) is 9.11. The van der Waals surface area contributed by atoms with Crippen molar-refractivity contribution in [3.8, 4) is 17.2 Å². The Hall–Kier alpha value is -2.02. The van der Waals surface area contributed by atoms with Gasteiger partial charge in [-0.1, -0.05) is 19.1 Å². The van der Waals surface area contributed by atoms with Gasteiger partial charge in [-0.25, -0.2) is 0 Å². The van der Waals surface area contributed by atoms with Crippen LogP contribution in [0.5, 0.6) is 5.75 Å². The molecular weight excluding hydrogens is 256 g/mol. The van der Waals surface area contributed by atoms with Crippen LogP contribution in [0.3, 0.4) is 0 Å². The number of aromatic nitrogens is 2. The second-order valence-corrected chi connectivity index (χ2v) is 3.83. The van der Waals surface area contributed by atoms with Gasteiger partial charge >= 0.3 is 6.61 Å². The van der Waals surface area contributed by atoms with Crippen molar-refractivity contribution in [3.05, 3.63) is 30.2 Å². The van der Waals surface area contributed by atoms with Gasteiger partial charge in [0.2, 0.25) is 5.89 Å². The van der Waals surface area contributed by atoms with E-state index in [2.05, 4.69) is 14.9 Å².